The molecule has 2 aromatic rings. The second-order valence-corrected chi connectivity index (χ2v) is 8.06. The first kappa shape index (κ1) is 24.3. The average molecular weight is 497 g/mol. The molecule has 35 heavy (non-hydrogen) atoms. The van der Waals surface area contributed by atoms with Crippen LogP contribution in [0.4, 0.5) is 35.2 Å². The molecule has 1 atom stereocenters. The van der Waals surface area contributed by atoms with E-state index in [0.717, 1.165) is 0 Å². The van der Waals surface area contributed by atoms with Gasteiger partial charge in [-0.05, 0) is 24.3 Å². The summed E-state index contributed by atoms with van der Waals surface area (Å²) in [5.41, 5.74) is 0.604. The predicted molar refractivity (Wildman–Crippen MR) is 116 cm³/mol. The number of cyclic esters (lactones) is 1. The van der Waals surface area contributed by atoms with E-state index in [1.807, 2.05) is 15.1 Å². The van der Waals surface area contributed by atoms with Gasteiger partial charge in [-0.2, -0.15) is 8.78 Å². The van der Waals surface area contributed by atoms with Crippen LogP contribution in [-0.4, -0.2) is 73.6 Å². The van der Waals surface area contributed by atoms with Gasteiger partial charge in [-0.1, -0.05) is 0 Å². The number of anilines is 2. The zero-order valence-corrected chi connectivity index (χ0v) is 18.4. The van der Waals surface area contributed by atoms with Crippen molar-refractivity contribution in [2.45, 2.75) is 19.1 Å². The van der Waals surface area contributed by atoms with Crippen molar-refractivity contribution in [1.29, 1.82) is 0 Å². The lowest BCUT2D eigenvalue weighted by Crippen LogP contribution is -2.46. The number of alkyl halides is 2. The third kappa shape index (κ3) is 5.65. The number of nitro groups is 1. The first-order valence-electron chi connectivity index (χ1n) is 10.7. The van der Waals surface area contributed by atoms with Gasteiger partial charge in [-0.3, -0.25) is 24.7 Å². The Balaban J connectivity index is 1.32. The molecule has 1 N–H and O–H groups in total. The van der Waals surface area contributed by atoms with Crippen LogP contribution in [0.1, 0.15) is 5.76 Å². The molecule has 0 saturated carbocycles. The molecule has 2 aliphatic heterocycles. The van der Waals surface area contributed by atoms with Crippen molar-refractivity contribution < 1.29 is 36.8 Å². The number of rotatable bonds is 8. The summed E-state index contributed by atoms with van der Waals surface area (Å²) >= 11 is 0. The maximum absolute atomic E-state index is 14.9. The van der Waals surface area contributed by atoms with Crippen LogP contribution in [-0.2, 0) is 16.1 Å². The van der Waals surface area contributed by atoms with Crippen LogP contribution in [0.15, 0.2) is 34.7 Å². The van der Waals surface area contributed by atoms with E-state index in [1.165, 1.54) is 17.0 Å². The van der Waals surface area contributed by atoms with Crippen LogP contribution in [0, 0.1) is 15.9 Å². The van der Waals surface area contributed by atoms with E-state index < -0.39 is 35.3 Å². The molecule has 0 bridgehead atoms. The molecule has 4 rings (SSSR count). The van der Waals surface area contributed by atoms with Gasteiger partial charge >= 0.3 is 18.4 Å². The molecule has 0 radical (unpaired) electrons. The van der Waals surface area contributed by atoms with E-state index in [9.17, 15) is 32.9 Å². The van der Waals surface area contributed by atoms with Crippen molar-refractivity contribution >= 4 is 29.3 Å². The van der Waals surface area contributed by atoms with Crippen LogP contribution >= 0.6 is 0 Å². The molecule has 2 amide bonds. The minimum absolute atomic E-state index is 0.0231. The Hall–Kier alpha value is -3.81. The number of nitrogens with zero attached hydrogens (tertiary/aromatic N) is 4. The Morgan fingerprint density at radius 2 is 1.94 bits per heavy atom. The fourth-order valence-corrected chi connectivity index (χ4v) is 3.97. The Labute approximate surface area is 197 Å². The Morgan fingerprint density at radius 1 is 1.20 bits per heavy atom. The SMILES string of the molecule is O=C(NC[C@H]1CN(c2ccc(N3CCN(Cc4ccc([N+](=O)[O-])o4)CC3)c(F)c2)C(=O)O1)C(F)F. The van der Waals surface area contributed by atoms with E-state index in [-0.39, 0.29) is 24.7 Å². The third-order valence-electron chi connectivity index (χ3n) is 5.74. The molecule has 1 aromatic carbocycles. The van der Waals surface area contributed by atoms with Gasteiger partial charge in [-0.25, -0.2) is 9.18 Å². The van der Waals surface area contributed by atoms with Gasteiger partial charge in [0.25, 0.3) is 5.91 Å². The molecule has 3 heterocycles. The number of piperazine rings is 1. The summed E-state index contributed by atoms with van der Waals surface area (Å²) in [6.07, 6.45) is -4.77. The van der Waals surface area contributed by atoms with Crippen LogP contribution in [0.5, 0.6) is 0 Å². The van der Waals surface area contributed by atoms with Crippen LogP contribution < -0.4 is 15.1 Å². The van der Waals surface area contributed by atoms with Gasteiger partial charge in [0.1, 0.15) is 22.6 Å². The summed E-state index contributed by atoms with van der Waals surface area (Å²) in [5.74, 6) is -1.84. The van der Waals surface area contributed by atoms with Crippen LogP contribution in [0.2, 0.25) is 0 Å². The number of amides is 2. The van der Waals surface area contributed by atoms with Crippen molar-refractivity contribution in [1.82, 2.24) is 10.2 Å². The highest BCUT2D eigenvalue weighted by atomic mass is 19.3. The lowest BCUT2D eigenvalue weighted by atomic mass is 10.2. The number of hydrogen-bond donors (Lipinski definition) is 1. The molecule has 2 saturated heterocycles. The molecule has 11 nitrogen and oxygen atoms in total. The first-order chi connectivity index (χ1) is 16.7. The van der Waals surface area contributed by atoms with Gasteiger partial charge in [-0.15, -0.1) is 0 Å². The number of nitrogens with one attached hydrogen (secondary N) is 1. The van der Waals surface area contributed by atoms with E-state index in [4.69, 9.17) is 9.15 Å². The van der Waals surface area contributed by atoms with Gasteiger partial charge in [0.15, 0.2) is 0 Å². The number of carbonyl (C=O) groups excluding carboxylic acids is 2. The first-order valence-corrected chi connectivity index (χ1v) is 10.7. The summed E-state index contributed by atoms with van der Waals surface area (Å²) in [4.78, 5) is 38.4. The van der Waals surface area contributed by atoms with E-state index in [2.05, 4.69) is 0 Å². The average Bonchev–Trinajstić information content (AvgIpc) is 3.44. The number of ether oxygens (including phenoxy) is 1. The highest BCUT2D eigenvalue weighted by Gasteiger charge is 2.33. The maximum Gasteiger partial charge on any atom is 0.433 e. The molecule has 188 valence electrons. The summed E-state index contributed by atoms with van der Waals surface area (Å²) in [5, 5.41) is 12.7. The Bertz CT molecular complexity index is 1100. The Morgan fingerprint density at radius 3 is 2.57 bits per heavy atom. The quantitative estimate of drug-likeness (QED) is 0.436. The second kappa shape index (κ2) is 10.2. The third-order valence-corrected chi connectivity index (χ3v) is 5.74. The molecular formula is C21H22F3N5O6. The minimum Gasteiger partial charge on any atom is -0.442 e. The zero-order valence-electron chi connectivity index (χ0n) is 18.4. The van der Waals surface area contributed by atoms with Crippen LogP contribution in [0.3, 0.4) is 0 Å². The summed E-state index contributed by atoms with van der Waals surface area (Å²) < 4.78 is 49.8. The molecule has 1 aromatic heterocycles. The summed E-state index contributed by atoms with van der Waals surface area (Å²) in [7, 11) is 0. The highest BCUT2D eigenvalue weighted by Crippen LogP contribution is 2.29. The van der Waals surface area contributed by atoms with Crippen molar-refractivity contribution in [3.05, 3.63) is 52.0 Å². The van der Waals surface area contributed by atoms with Gasteiger partial charge in [0.2, 0.25) is 0 Å². The second-order valence-electron chi connectivity index (χ2n) is 8.06. The van der Waals surface area contributed by atoms with Gasteiger partial charge in [0.05, 0.1) is 37.1 Å². The standard InChI is InChI=1S/C21H22F3N5O6/c22-16-9-13(28-12-15(35-21(28)31)10-25-20(30)19(23)24)1-3-17(16)27-7-5-26(6-8-27)11-14-2-4-18(34-14)29(32)33/h1-4,9,15,19H,5-8,10-12H2,(H,25,30)/t15-/m0/s1. The highest BCUT2D eigenvalue weighted by molar-refractivity contribution is 5.90. The Kier molecular flexibility index (Phi) is 7.10. The van der Waals surface area contributed by atoms with Gasteiger partial charge < -0.3 is 19.4 Å². The number of benzene rings is 1. The van der Waals surface area contributed by atoms with Crippen molar-refractivity contribution in [3.8, 4) is 0 Å². The number of halogens is 3. The molecule has 2 aliphatic rings. The van der Waals surface area contributed by atoms with E-state index in [1.54, 1.807) is 18.2 Å². The number of hydrogen-bond acceptors (Lipinski definition) is 8. The lowest BCUT2D eigenvalue weighted by Gasteiger charge is -2.36. The fourth-order valence-electron chi connectivity index (χ4n) is 3.97. The molecule has 0 aliphatic carbocycles. The molecule has 0 unspecified atom stereocenters. The van der Waals surface area contributed by atoms with E-state index in [0.29, 0.717) is 44.2 Å². The monoisotopic (exact) mass is 497 g/mol. The van der Waals surface area contributed by atoms with Crippen molar-refractivity contribution in [2.75, 3.05) is 49.1 Å². The summed E-state index contributed by atoms with van der Waals surface area (Å²) in [6.45, 7) is 2.29. The van der Waals surface area contributed by atoms with E-state index >= 15 is 0 Å². The fraction of sp³-hybridized carbons (Fsp3) is 0.429. The summed E-state index contributed by atoms with van der Waals surface area (Å²) in [6, 6.07) is 7.18. The molecule has 2 fully saturated rings. The van der Waals surface area contributed by atoms with Crippen molar-refractivity contribution in [2.24, 2.45) is 0 Å². The minimum atomic E-state index is -3.17. The topological polar surface area (TPSA) is 121 Å². The predicted octanol–water partition coefficient (Wildman–Crippen LogP) is 2.36. The molecule has 14 heteroatoms. The van der Waals surface area contributed by atoms with Gasteiger partial charge in [0, 0.05) is 26.2 Å². The van der Waals surface area contributed by atoms with Crippen molar-refractivity contribution in [3.63, 3.8) is 0 Å². The maximum atomic E-state index is 14.9. The number of carbonyl (C=O) groups is 2. The zero-order chi connectivity index (χ0) is 25.1. The molecule has 0 spiro atoms. The smallest absolute Gasteiger partial charge is 0.433 e. The van der Waals surface area contributed by atoms with Crippen LogP contribution in [0.25, 0.3) is 0 Å². The largest absolute Gasteiger partial charge is 0.442 e. The normalized spacial score (nSPS) is 18.7. The molecular weight excluding hydrogens is 475 g/mol. The number of furan rings is 1. The lowest BCUT2D eigenvalue weighted by molar-refractivity contribution is -0.402.